The highest BCUT2D eigenvalue weighted by molar-refractivity contribution is 5.94. The van der Waals surface area contributed by atoms with E-state index in [0.717, 1.165) is 6.07 Å². The minimum absolute atomic E-state index is 0.0837. The lowest BCUT2D eigenvalue weighted by molar-refractivity contribution is -0.384. The fraction of sp³-hybridized carbons (Fsp3) is 0.182. The Morgan fingerprint density at radius 1 is 1.50 bits per heavy atom. The molecule has 1 aromatic carbocycles. The summed E-state index contributed by atoms with van der Waals surface area (Å²) in [6, 6.07) is 4.00. The van der Waals surface area contributed by atoms with Crippen LogP contribution < -0.4 is 11.1 Å². The van der Waals surface area contributed by atoms with Gasteiger partial charge in [0.05, 0.1) is 4.92 Å². The number of aromatic nitrogens is 2. The average Bonchev–Trinajstić information content (AvgIpc) is 2.91. The standard InChI is InChI=1S/C11H11N5O4/c12-11(17)7-1-2-8(9(5-7)16(18)19)13-4-3-10-14-6-20-15-10/h1-2,5-6,13H,3-4H2,(H2,12,17). The van der Waals surface area contributed by atoms with Crippen LogP contribution in [0.25, 0.3) is 0 Å². The fourth-order valence-electron chi connectivity index (χ4n) is 1.60. The van der Waals surface area contributed by atoms with Gasteiger partial charge >= 0.3 is 0 Å². The summed E-state index contributed by atoms with van der Waals surface area (Å²) >= 11 is 0. The molecular formula is C11H11N5O4. The summed E-state index contributed by atoms with van der Waals surface area (Å²) in [6.45, 7) is 0.385. The molecule has 0 fully saturated rings. The van der Waals surface area contributed by atoms with Gasteiger partial charge in [0.25, 0.3) is 5.69 Å². The van der Waals surface area contributed by atoms with Crippen molar-refractivity contribution < 1.29 is 14.2 Å². The van der Waals surface area contributed by atoms with Crippen LogP contribution in [0.4, 0.5) is 11.4 Å². The predicted octanol–water partition coefficient (Wildman–Crippen LogP) is 0.731. The molecule has 104 valence electrons. The number of nitro benzene ring substituents is 1. The highest BCUT2D eigenvalue weighted by atomic mass is 16.6. The van der Waals surface area contributed by atoms with Crippen molar-refractivity contribution in [2.45, 2.75) is 6.42 Å². The molecule has 0 unspecified atom stereocenters. The highest BCUT2D eigenvalue weighted by Gasteiger charge is 2.16. The summed E-state index contributed by atoms with van der Waals surface area (Å²) in [4.78, 5) is 25.2. The number of primary amides is 1. The summed E-state index contributed by atoms with van der Waals surface area (Å²) in [5, 5.41) is 17.5. The van der Waals surface area contributed by atoms with Crippen molar-refractivity contribution in [2.24, 2.45) is 5.73 Å². The lowest BCUT2D eigenvalue weighted by Crippen LogP contribution is -2.12. The summed E-state index contributed by atoms with van der Waals surface area (Å²) in [6.07, 6.45) is 1.66. The van der Waals surface area contributed by atoms with Crippen LogP contribution in [0.5, 0.6) is 0 Å². The molecule has 0 spiro atoms. The van der Waals surface area contributed by atoms with Gasteiger partial charge in [-0.05, 0) is 12.1 Å². The Morgan fingerprint density at radius 3 is 2.90 bits per heavy atom. The van der Waals surface area contributed by atoms with Crippen molar-refractivity contribution in [3.8, 4) is 0 Å². The Balaban J connectivity index is 2.10. The molecular weight excluding hydrogens is 266 g/mol. The molecule has 0 bridgehead atoms. The quantitative estimate of drug-likeness (QED) is 0.586. The zero-order valence-corrected chi connectivity index (χ0v) is 10.3. The van der Waals surface area contributed by atoms with Gasteiger partial charge < -0.3 is 15.6 Å². The van der Waals surface area contributed by atoms with Crippen LogP contribution in [0.2, 0.25) is 0 Å². The maximum absolute atomic E-state index is 11.0. The summed E-state index contributed by atoms with van der Waals surface area (Å²) in [5.74, 6) is -0.222. The summed E-state index contributed by atoms with van der Waals surface area (Å²) in [5.41, 5.74) is 5.25. The van der Waals surface area contributed by atoms with E-state index in [-0.39, 0.29) is 11.3 Å². The Kier molecular flexibility index (Phi) is 3.89. The van der Waals surface area contributed by atoms with Gasteiger partial charge in [-0.1, -0.05) is 5.16 Å². The minimum Gasteiger partial charge on any atom is -0.379 e. The van der Waals surface area contributed by atoms with Crippen molar-refractivity contribution in [2.75, 3.05) is 11.9 Å². The van der Waals surface area contributed by atoms with Gasteiger partial charge in [-0.15, -0.1) is 0 Å². The zero-order chi connectivity index (χ0) is 14.5. The first-order chi connectivity index (χ1) is 9.58. The Bertz CT molecular complexity index is 626. The second-order valence-electron chi connectivity index (χ2n) is 3.88. The molecule has 2 aromatic rings. The molecule has 0 saturated heterocycles. The summed E-state index contributed by atoms with van der Waals surface area (Å²) in [7, 11) is 0. The van der Waals surface area contributed by atoms with Gasteiger partial charge in [-0.3, -0.25) is 14.9 Å². The SMILES string of the molecule is NC(=O)c1ccc(NCCc2ncon2)c([N+](=O)[O-])c1. The lowest BCUT2D eigenvalue weighted by Gasteiger charge is -2.06. The largest absolute Gasteiger partial charge is 0.379 e. The van der Waals surface area contributed by atoms with Gasteiger partial charge in [0.2, 0.25) is 12.3 Å². The number of rotatable bonds is 6. The third-order valence-electron chi connectivity index (χ3n) is 2.55. The summed E-state index contributed by atoms with van der Waals surface area (Å²) < 4.78 is 4.57. The Morgan fingerprint density at radius 2 is 2.30 bits per heavy atom. The van der Waals surface area contributed by atoms with Gasteiger partial charge in [-0.2, -0.15) is 4.98 Å². The van der Waals surface area contributed by atoms with Crippen LogP contribution in [0.15, 0.2) is 29.1 Å². The van der Waals surface area contributed by atoms with Gasteiger partial charge in [0, 0.05) is 24.6 Å². The molecule has 9 nitrogen and oxygen atoms in total. The van der Waals surface area contributed by atoms with Crippen molar-refractivity contribution >= 4 is 17.3 Å². The molecule has 0 radical (unpaired) electrons. The average molecular weight is 277 g/mol. The van der Waals surface area contributed by atoms with Gasteiger partial charge in [-0.25, -0.2) is 0 Å². The second-order valence-corrected chi connectivity index (χ2v) is 3.88. The number of hydrogen-bond donors (Lipinski definition) is 2. The third-order valence-corrected chi connectivity index (χ3v) is 2.55. The number of anilines is 1. The van der Waals surface area contributed by atoms with E-state index in [0.29, 0.717) is 24.5 Å². The number of nitrogens with zero attached hydrogens (tertiary/aromatic N) is 3. The first-order valence-corrected chi connectivity index (χ1v) is 5.65. The molecule has 0 aliphatic carbocycles. The van der Waals surface area contributed by atoms with E-state index in [2.05, 4.69) is 20.0 Å². The highest BCUT2D eigenvalue weighted by Crippen LogP contribution is 2.25. The molecule has 1 amide bonds. The number of carbonyl (C=O) groups is 1. The van der Waals surface area contributed by atoms with Crippen LogP contribution in [-0.2, 0) is 6.42 Å². The molecule has 1 heterocycles. The van der Waals surface area contributed by atoms with Gasteiger partial charge in [0.1, 0.15) is 5.69 Å². The molecule has 9 heteroatoms. The Hall–Kier alpha value is -2.97. The maximum Gasteiger partial charge on any atom is 0.293 e. The second kappa shape index (κ2) is 5.78. The molecule has 0 saturated carbocycles. The molecule has 3 N–H and O–H groups in total. The molecule has 1 aromatic heterocycles. The topological polar surface area (TPSA) is 137 Å². The van der Waals surface area contributed by atoms with Crippen LogP contribution in [-0.4, -0.2) is 27.5 Å². The maximum atomic E-state index is 11.0. The molecule has 0 aliphatic heterocycles. The number of amides is 1. The fourth-order valence-corrected chi connectivity index (χ4v) is 1.60. The van der Waals surface area contributed by atoms with E-state index in [9.17, 15) is 14.9 Å². The van der Waals surface area contributed by atoms with Crippen molar-refractivity contribution in [3.05, 3.63) is 46.1 Å². The van der Waals surface area contributed by atoms with E-state index in [4.69, 9.17) is 5.73 Å². The number of carbonyl (C=O) groups excluding carboxylic acids is 1. The first-order valence-electron chi connectivity index (χ1n) is 5.65. The minimum atomic E-state index is -0.716. The number of nitrogens with one attached hydrogen (secondary N) is 1. The van der Waals surface area contributed by atoms with Crippen LogP contribution in [0, 0.1) is 10.1 Å². The smallest absolute Gasteiger partial charge is 0.293 e. The van der Waals surface area contributed by atoms with Crippen molar-refractivity contribution in [3.63, 3.8) is 0 Å². The first kappa shape index (κ1) is 13.5. The normalized spacial score (nSPS) is 10.2. The monoisotopic (exact) mass is 277 g/mol. The third kappa shape index (κ3) is 3.07. The molecule has 0 aliphatic rings. The number of nitro groups is 1. The van der Waals surface area contributed by atoms with Crippen molar-refractivity contribution in [1.82, 2.24) is 10.1 Å². The number of nitrogens with two attached hydrogens (primary N) is 1. The molecule has 2 rings (SSSR count). The van der Waals surface area contributed by atoms with Crippen molar-refractivity contribution in [1.29, 1.82) is 0 Å². The van der Waals surface area contributed by atoms with Gasteiger partial charge in [0.15, 0.2) is 5.82 Å². The van der Waals surface area contributed by atoms with E-state index in [1.54, 1.807) is 0 Å². The zero-order valence-electron chi connectivity index (χ0n) is 10.3. The van der Waals surface area contributed by atoms with E-state index >= 15 is 0 Å². The predicted molar refractivity (Wildman–Crippen MR) is 68.1 cm³/mol. The van der Waals surface area contributed by atoms with E-state index < -0.39 is 10.8 Å². The van der Waals surface area contributed by atoms with E-state index in [1.165, 1.54) is 18.5 Å². The number of hydrogen-bond acceptors (Lipinski definition) is 7. The number of benzene rings is 1. The Labute approximate surface area is 112 Å². The van der Waals surface area contributed by atoms with Crippen LogP contribution in [0.3, 0.4) is 0 Å². The van der Waals surface area contributed by atoms with Crippen LogP contribution >= 0.6 is 0 Å². The van der Waals surface area contributed by atoms with E-state index in [1.807, 2.05) is 0 Å². The molecule has 0 atom stereocenters. The lowest BCUT2D eigenvalue weighted by atomic mass is 10.1. The van der Waals surface area contributed by atoms with Crippen LogP contribution in [0.1, 0.15) is 16.2 Å². The molecule has 20 heavy (non-hydrogen) atoms.